The number of hydrogen-bond donors (Lipinski definition) is 1. The van der Waals surface area contributed by atoms with Gasteiger partial charge in [0.1, 0.15) is 0 Å². The second-order valence-corrected chi connectivity index (χ2v) is 10.4. The van der Waals surface area contributed by atoms with Gasteiger partial charge >= 0.3 is 0 Å². The molecule has 1 aliphatic rings. The zero-order valence-corrected chi connectivity index (χ0v) is 20.2. The van der Waals surface area contributed by atoms with Crippen molar-refractivity contribution in [3.8, 4) is 0 Å². The summed E-state index contributed by atoms with van der Waals surface area (Å²) in [5, 5.41) is 2.78. The molecule has 3 rings (SSSR count). The highest BCUT2D eigenvalue weighted by atomic mass is 32.2. The number of sulfonamides is 1. The van der Waals surface area contributed by atoms with Crippen LogP contribution in [-0.2, 0) is 26.0 Å². The van der Waals surface area contributed by atoms with Gasteiger partial charge in [0.15, 0.2) is 0 Å². The van der Waals surface area contributed by atoms with Crippen molar-refractivity contribution in [2.45, 2.75) is 43.9 Å². The van der Waals surface area contributed by atoms with Gasteiger partial charge in [0.2, 0.25) is 21.8 Å². The SMILES string of the molecule is CCC(C)c1ccc(S(=O)(=O)N2CCN(C(=O)CCNC(=O)Cc3ccccc3)CC2)cc1. The van der Waals surface area contributed by atoms with E-state index in [-0.39, 0.29) is 49.2 Å². The Balaban J connectivity index is 1.44. The van der Waals surface area contributed by atoms with Crippen LogP contribution in [-0.4, -0.2) is 62.2 Å². The molecule has 1 heterocycles. The summed E-state index contributed by atoms with van der Waals surface area (Å²) in [5.74, 6) is 0.189. The van der Waals surface area contributed by atoms with Crippen molar-refractivity contribution in [1.82, 2.24) is 14.5 Å². The summed E-state index contributed by atoms with van der Waals surface area (Å²) in [4.78, 5) is 26.5. The number of rotatable bonds is 9. The van der Waals surface area contributed by atoms with E-state index >= 15 is 0 Å². The summed E-state index contributed by atoms with van der Waals surface area (Å²) < 4.78 is 27.4. The average Bonchev–Trinajstić information content (AvgIpc) is 2.84. The van der Waals surface area contributed by atoms with Crippen molar-refractivity contribution in [1.29, 1.82) is 0 Å². The highest BCUT2D eigenvalue weighted by Crippen LogP contribution is 2.23. The second kappa shape index (κ2) is 11.4. The van der Waals surface area contributed by atoms with E-state index in [2.05, 4.69) is 19.2 Å². The minimum Gasteiger partial charge on any atom is -0.355 e. The van der Waals surface area contributed by atoms with Gasteiger partial charge in [0, 0.05) is 39.1 Å². The van der Waals surface area contributed by atoms with Gasteiger partial charge in [-0.3, -0.25) is 9.59 Å². The quantitative estimate of drug-likeness (QED) is 0.609. The van der Waals surface area contributed by atoms with Crippen LogP contribution in [0.15, 0.2) is 59.5 Å². The fraction of sp³-hybridized carbons (Fsp3) is 0.440. The minimum atomic E-state index is -3.58. The van der Waals surface area contributed by atoms with Crippen LogP contribution >= 0.6 is 0 Å². The lowest BCUT2D eigenvalue weighted by molar-refractivity contribution is -0.132. The van der Waals surface area contributed by atoms with Gasteiger partial charge < -0.3 is 10.2 Å². The van der Waals surface area contributed by atoms with Crippen molar-refractivity contribution >= 4 is 21.8 Å². The van der Waals surface area contributed by atoms with Crippen LogP contribution in [0.3, 0.4) is 0 Å². The van der Waals surface area contributed by atoms with Crippen LogP contribution in [0.25, 0.3) is 0 Å². The van der Waals surface area contributed by atoms with E-state index in [1.807, 2.05) is 42.5 Å². The lowest BCUT2D eigenvalue weighted by atomic mass is 9.99. The van der Waals surface area contributed by atoms with Crippen LogP contribution in [0.5, 0.6) is 0 Å². The van der Waals surface area contributed by atoms with E-state index in [0.29, 0.717) is 19.0 Å². The van der Waals surface area contributed by atoms with E-state index in [0.717, 1.165) is 17.5 Å². The van der Waals surface area contributed by atoms with E-state index in [9.17, 15) is 18.0 Å². The van der Waals surface area contributed by atoms with Gasteiger partial charge in [0.05, 0.1) is 11.3 Å². The smallest absolute Gasteiger partial charge is 0.243 e. The zero-order valence-electron chi connectivity index (χ0n) is 19.4. The van der Waals surface area contributed by atoms with Gasteiger partial charge in [-0.15, -0.1) is 0 Å². The molecule has 0 bridgehead atoms. The van der Waals surface area contributed by atoms with Gasteiger partial charge in [0.25, 0.3) is 0 Å². The molecule has 1 fully saturated rings. The van der Waals surface area contributed by atoms with Gasteiger partial charge in [-0.1, -0.05) is 56.3 Å². The lowest BCUT2D eigenvalue weighted by Crippen LogP contribution is -2.50. The predicted molar refractivity (Wildman–Crippen MR) is 128 cm³/mol. The first-order valence-corrected chi connectivity index (χ1v) is 12.9. The summed E-state index contributed by atoms with van der Waals surface area (Å²) in [7, 11) is -3.58. The molecule has 2 aromatic carbocycles. The molecule has 0 aliphatic carbocycles. The van der Waals surface area contributed by atoms with Crippen molar-refractivity contribution in [2.24, 2.45) is 0 Å². The van der Waals surface area contributed by atoms with Gasteiger partial charge in [-0.05, 0) is 35.6 Å². The highest BCUT2D eigenvalue weighted by Gasteiger charge is 2.30. The van der Waals surface area contributed by atoms with Crippen LogP contribution in [0, 0.1) is 0 Å². The van der Waals surface area contributed by atoms with Crippen molar-refractivity contribution in [3.05, 3.63) is 65.7 Å². The Bertz CT molecular complexity index is 1030. The Labute approximate surface area is 196 Å². The Morgan fingerprint density at radius 1 is 0.970 bits per heavy atom. The first-order chi connectivity index (χ1) is 15.8. The Kier molecular flexibility index (Phi) is 8.63. The standard InChI is InChI=1S/C25H33N3O4S/c1-3-20(2)22-9-11-23(12-10-22)33(31,32)28-17-15-27(16-18-28)25(30)13-14-26-24(29)19-21-7-5-4-6-8-21/h4-12,20H,3,13-19H2,1-2H3,(H,26,29). The molecule has 178 valence electrons. The second-order valence-electron chi connectivity index (χ2n) is 8.43. The summed E-state index contributed by atoms with van der Waals surface area (Å²) in [6.45, 7) is 5.72. The fourth-order valence-corrected chi connectivity index (χ4v) is 5.26. The number of carbonyl (C=O) groups excluding carboxylic acids is 2. The first kappa shape index (κ1) is 24.9. The number of hydrogen-bond acceptors (Lipinski definition) is 4. The van der Waals surface area contributed by atoms with Crippen molar-refractivity contribution in [3.63, 3.8) is 0 Å². The lowest BCUT2D eigenvalue weighted by Gasteiger charge is -2.34. The number of nitrogens with one attached hydrogen (secondary N) is 1. The molecule has 2 amide bonds. The van der Waals surface area contributed by atoms with E-state index in [1.54, 1.807) is 17.0 Å². The molecule has 1 saturated heterocycles. The Hall–Kier alpha value is -2.71. The molecular weight excluding hydrogens is 438 g/mol. The molecule has 0 saturated carbocycles. The Morgan fingerprint density at radius 3 is 2.21 bits per heavy atom. The summed E-state index contributed by atoms with van der Waals surface area (Å²) >= 11 is 0. The molecule has 7 nitrogen and oxygen atoms in total. The summed E-state index contributed by atoms with van der Waals surface area (Å²) in [6.07, 6.45) is 1.48. The molecule has 1 aliphatic heterocycles. The number of carbonyl (C=O) groups is 2. The van der Waals surface area contributed by atoms with Crippen molar-refractivity contribution in [2.75, 3.05) is 32.7 Å². The van der Waals surface area contributed by atoms with Crippen LogP contribution in [0.2, 0.25) is 0 Å². The van der Waals surface area contributed by atoms with Crippen LogP contribution in [0.1, 0.15) is 43.7 Å². The Morgan fingerprint density at radius 2 is 1.61 bits per heavy atom. The number of benzene rings is 2. The highest BCUT2D eigenvalue weighted by molar-refractivity contribution is 7.89. The number of amides is 2. The monoisotopic (exact) mass is 471 g/mol. The molecular formula is C25H33N3O4S. The van der Waals surface area contributed by atoms with Gasteiger partial charge in [-0.25, -0.2) is 8.42 Å². The molecule has 2 aromatic rings. The van der Waals surface area contributed by atoms with E-state index < -0.39 is 10.0 Å². The minimum absolute atomic E-state index is 0.0787. The summed E-state index contributed by atoms with van der Waals surface area (Å²) in [6, 6.07) is 16.5. The zero-order chi connectivity index (χ0) is 23.8. The third kappa shape index (κ3) is 6.65. The largest absolute Gasteiger partial charge is 0.355 e. The molecule has 1 unspecified atom stereocenters. The molecule has 1 N–H and O–H groups in total. The molecule has 33 heavy (non-hydrogen) atoms. The third-order valence-corrected chi connectivity index (χ3v) is 8.07. The number of nitrogens with zero attached hydrogens (tertiary/aromatic N) is 2. The predicted octanol–water partition coefficient (Wildman–Crippen LogP) is 2.78. The molecule has 0 aromatic heterocycles. The molecule has 0 radical (unpaired) electrons. The average molecular weight is 472 g/mol. The first-order valence-electron chi connectivity index (χ1n) is 11.5. The van der Waals surface area contributed by atoms with E-state index in [1.165, 1.54) is 4.31 Å². The van der Waals surface area contributed by atoms with Crippen LogP contribution < -0.4 is 5.32 Å². The summed E-state index contributed by atoms with van der Waals surface area (Å²) in [5.41, 5.74) is 2.05. The van der Waals surface area contributed by atoms with Crippen LogP contribution in [0.4, 0.5) is 0 Å². The van der Waals surface area contributed by atoms with Gasteiger partial charge in [-0.2, -0.15) is 4.31 Å². The van der Waals surface area contributed by atoms with E-state index in [4.69, 9.17) is 0 Å². The fourth-order valence-electron chi connectivity index (χ4n) is 3.84. The number of piperazine rings is 1. The maximum absolute atomic E-state index is 13.0. The third-order valence-electron chi connectivity index (χ3n) is 6.16. The topological polar surface area (TPSA) is 86.8 Å². The maximum atomic E-state index is 13.0. The maximum Gasteiger partial charge on any atom is 0.243 e. The van der Waals surface area contributed by atoms with Crippen molar-refractivity contribution < 1.29 is 18.0 Å². The normalized spacial score (nSPS) is 15.8. The molecule has 8 heteroatoms. The molecule has 0 spiro atoms. The molecule has 1 atom stereocenters.